The van der Waals surface area contributed by atoms with Crippen molar-refractivity contribution in [1.82, 2.24) is 5.32 Å². The van der Waals surface area contributed by atoms with Gasteiger partial charge in [-0.25, -0.2) is 0 Å². The van der Waals surface area contributed by atoms with E-state index in [4.69, 9.17) is 5.11 Å². The Labute approximate surface area is 115 Å². The maximum atomic E-state index is 10.9. The van der Waals surface area contributed by atoms with Gasteiger partial charge in [-0.05, 0) is 24.9 Å². The van der Waals surface area contributed by atoms with Gasteiger partial charge in [0.2, 0.25) is 0 Å². The molecule has 110 valence electrons. The van der Waals surface area contributed by atoms with Gasteiger partial charge in [0.1, 0.15) is 0 Å². The van der Waals surface area contributed by atoms with Crippen molar-refractivity contribution in [3.63, 3.8) is 0 Å². The molecule has 0 aliphatic carbocycles. The van der Waals surface area contributed by atoms with Crippen LogP contribution in [0.1, 0.15) is 18.9 Å². The Balaban J connectivity index is 2.74. The molecule has 1 aromatic rings. The van der Waals surface area contributed by atoms with E-state index < -0.39 is 9.85 Å². The Morgan fingerprint density at radius 2 is 2.00 bits per heavy atom. The number of rotatable bonds is 8. The molecule has 0 aromatic heterocycles. The van der Waals surface area contributed by atoms with Gasteiger partial charge >= 0.3 is 0 Å². The van der Waals surface area contributed by atoms with Gasteiger partial charge in [-0.3, -0.25) is 20.2 Å². The van der Waals surface area contributed by atoms with Gasteiger partial charge in [0, 0.05) is 24.8 Å². The zero-order valence-corrected chi connectivity index (χ0v) is 11.1. The van der Waals surface area contributed by atoms with E-state index >= 15 is 0 Å². The molecule has 0 heterocycles. The Bertz CT molecular complexity index is 492. The predicted molar refractivity (Wildman–Crippen MR) is 72.3 cm³/mol. The summed E-state index contributed by atoms with van der Waals surface area (Å²) in [6.45, 7) is 2.91. The first-order valence-electron chi connectivity index (χ1n) is 6.19. The van der Waals surface area contributed by atoms with E-state index in [1.165, 1.54) is 12.1 Å². The third-order valence-electron chi connectivity index (χ3n) is 2.91. The molecule has 0 amide bonds. The van der Waals surface area contributed by atoms with Crippen LogP contribution in [0.5, 0.6) is 0 Å². The molecule has 8 nitrogen and oxygen atoms in total. The summed E-state index contributed by atoms with van der Waals surface area (Å²) in [6.07, 6.45) is 0.648. The summed E-state index contributed by atoms with van der Waals surface area (Å²) in [5, 5.41) is 33.3. The second-order valence-electron chi connectivity index (χ2n) is 4.58. The minimum absolute atomic E-state index is 0.0977. The predicted octanol–water partition coefficient (Wildman–Crippen LogP) is 1.61. The van der Waals surface area contributed by atoms with Gasteiger partial charge in [-0.1, -0.05) is 6.92 Å². The first-order chi connectivity index (χ1) is 9.45. The smallest absolute Gasteiger partial charge is 0.280 e. The van der Waals surface area contributed by atoms with Crippen LogP contribution in [0.4, 0.5) is 11.4 Å². The summed E-state index contributed by atoms with van der Waals surface area (Å²) < 4.78 is 0. The van der Waals surface area contributed by atoms with Crippen LogP contribution in [0.3, 0.4) is 0 Å². The molecule has 1 atom stereocenters. The van der Waals surface area contributed by atoms with Gasteiger partial charge in [0.05, 0.1) is 15.9 Å². The van der Waals surface area contributed by atoms with Crippen LogP contribution in [-0.4, -0.2) is 28.1 Å². The maximum Gasteiger partial charge on any atom is 0.280 e. The molecule has 1 rings (SSSR count). The number of aliphatic hydroxyl groups is 1. The summed E-state index contributed by atoms with van der Waals surface area (Å²) in [5.41, 5.74) is -0.160. The number of nitrogens with zero attached hydrogens (tertiary/aromatic N) is 2. The Kier molecular flexibility index (Phi) is 6.01. The average Bonchev–Trinajstić information content (AvgIpc) is 2.38. The van der Waals surface area contributed by atoms with Gasteiger partial charge in [0.25, 0.3) is 11.4 Å². The van der Waals surface area contributed by atoms with Crippen LogP contribution in [0.2, 0.25) is 0 Å². The van der Waals surface area contributed by atoms with Crippen LogP contribution in [0, 0.1) is 26.1 Å². The molecular weight excluding hydrogens is 266 g/mol. The molecule has 1 unspecified atom stereocenters. The Hall–Kier alpha value is -2.06. The summed E-state index contributed by atoms with van der Waals surface area (Å²) in [7, 11) is 0. The lowest BCUT2D eigenvalue weighted by Crippen LogP contribution is -2.21. The highest BCUT2D eigenvalue weighted by molar-refractivity contribution is 5.49. The lowest BCUT2D eigenvalue weighted by atomic mass is 10.1. The summed E-state index contributed by atoms with van der Waals surface area (Å²) in [5.74, 6) is 0.247. The molecule has 20 heavy (non-hydrogen) atoms. The van der Waals surface area contributed by atoms with Crippen molar-refractivity contribution in [2.24, 2.45) is 5.92 Å². The molecule has 1 aromatic carbocycles. The average molecular weight is 283 g/mol. The van der Waals surface area contributed by atoms with Crippen molar-refractivity contribution in [3.8, 4) is 0 Å². The van der Waals surface area contributed by atoms with Gasteiger partial charge in [0.15, 0.2) is 0 Å². The first-order valence-corrected chi connectivity index (χ1v) is 6.19. The van der Waals surface area contributed by atoms with E-state index in [1.807, 2.05) is 6.92 Å². The monoisotopic (exact) mass is 283 g/mol. The van der Waals surface area contributed by atoms with Crippen LogP contribution < -0.4 is 5.32 Å². The molecule has 0 aliphatic rings. The highest BCUT2D eigenvalue weighted by Crippen LogP contribution is 2.24. The fourth-order valence-corrected chi connectivity index (χ4v) is 1.76. The van der Waals surface area contributed by atoms with E-state index in [-0.39, 0.29) is 30.4 Å². The zero-order valence-electron chi connectivity index (χ0n) is 11.1. The summed E-state index contributed by atoms with van der Waals surface area (Å²) >= 11 is 0. The van der Waals surface area contributed by atoms with Crippen molar-refractivity contribution in [1.29, 1.82) is 0 Å². The number of benzene rings is 1. The van der Waals surface area contributed by atoms with Crippen LogP contribution in [0.25, 0.3) is 0 Å². The molecule has 2 N–H and O–H groups in total. The van der Waals surface area contributed by atoms with E-state index in [2.05, 4.69) is 5.32 Å². The number of hydrogen-bond acceptors (Lipinski definition) is 6. The van der Waals surface area contributed by atoms with Gasteiger partial charge in [-0.2, -0.15) is 0 Å². The minimum Gasteiger partial charge on any atom is -0.396 e. The van der Waals surface area contributed by atoms with Crippen molar-refractivity contribution in [2.45, 2.75) is 19.9 Å². The number of non-ortho nitro benzene ring substituents is 1. The van der Waals surface area contributed by atoms with E-state index in [0.29, 0.717) is 18.5 Å². The highest BCUT2D eigenvalue weighted by Gasteiger charge is 2.18. The van der Waals surface area contributed by atoms with Gasteiger partial charge < -0.3 is 10.4 Å². The number of nitrogens with one attached hydrogen (secondary N) is 1. The van der Waals surface area contributed by atoms with Crippen molar-refractivity contribution in [2.75, 3.05) is 13.2 Å². The number of hydrogen-bond donors (Lipinski definition) is 2. The SMILES string of the molecule is CC(CCO)CNCc1ccc([N+](=O)[O-])cc1[N+](=O)[O-]. The van der Waals surface area contributed by atoms with Crippen LogP contribution in [0.15, 0.2) is 18.2 Å². The van der Waals surface area contributed by atoms with Gasteiger partial charge in [-0.15, -0.1) is 0 Å². The van der Waals surface area contributed by atoms with Crippen molar-refractivity contribution >= 4 is 11.4 Å². The number of nitro groups is 2. The standard InChI is InChI=1S/C12H17N3O5/c1-9(4-5-16)7-13-8-10-2-3-11(14(17)18)6-12(10)15(19)20/h2-3,6,9,13,16H,4-5,7-8H2,1H3. The van der Waals surface area contributed by atoms with Crippen LogP contribution in [-0.2, 0) is 6.54 Å². The molecule has 0 radical (unpaired) electrons. The normalized spacial score (nSPS) is 12.1. The topological polar surface area (TPSA) is 119 Å². The third-order valence-corrected chi connectivity index (χ3v) is 2.91. The molecule has 0 aliphatic heterocycles. The van der Waals surface area contributed by atoms with E-state index in [9.17, 15) is 20.2 Å². The zero-order chi connectivity index (χ0) is 15.1. The fraction of sp³-hybridized carbons (Fsp3) is 0.500. The fourth-order valence-electron chi connectivity index (χ4n) is 1.76. The number of nitro benzene ring substituents is 2. The molecule has 0 saturated heterocycles. The largest absolute Gasteiger partial charge is 0.396 e. The Morgan fingerprint density at radius 1 is 1.30 bits per heavy atom. The molecule has 0 bridgehead atoms. The lowest BCUT2D eigenvalue weighted by molar-refractivity contribution is -0.394. The Morgan fingerprint density at radius 3 is 2.55 bits per heavy atom. The first kappa shape index (κ1) is 16.0. The number of aliphatic hydroxyl groups excluding tert-OH is 1. The van der Waals surface area contributed by atoms with Crippen LogP contribution >= 0.6 is 0 Å². The molecule has 8 heteroatoms. The molecule has 0 spiro atoms. The lowest BCUT2D eigenvalue weighted by Gasteiger charge is -2.11. The van der Waals surface area contributed by atoms with Crippen molar-refractivity contribution in [3.05, 3.63) is 44.0 Å². The minimum atomic E-state index is -0.659. The maximum absolute atomic E-state index is 10.9. The summed E-state index contributed by atoms with van der Waals surface area (Å²) in [4.78, 5) is 20.2. The van der Waals surface area contributed by atoms with Crippen molar-refractivity contribution < 1.29 is 15.0 Å². The second-order valence-corrected chi connectivity index (χ2v) is 4.58. The molecule has 0 saturated carbocycles. The quantitative estimate of drug-likeness (QED) is 0.552. The molecular formula is C12H17N3O5. The van der Waals surface area contributed by atoms with E-state index in [1.54, 1.807) is 0 Å². The third kappa shape index (κ3) is 4.56. The highest BCUT2D eigenvalue weighted by atomic mass is 16.6. The second kappa shape index (κ2) is 7.51. The summed E-state index contributed by atoms with van der Waals surface area (Å²) in [6, 6.07) is 3.61. The van der Waals surface area contributed by atoms with E-state index in [0.717, 1.165) is 6.07 Å². The molecule has 0 fully saturated rings.